The number of benzene rings is 1. The van der Waals surface area contributed by atoms with Crippen LogP contribution in [0.25, 0.3) is 0 Å². The number of hydrogen-bond acceptors (Lipinski definition) is 5. The van der Waals surface area contributed by atoms with Crippen molar-refractivity contribution in [2.75, 3.05) is 6.79 Å². The van der Waals surface area contributed by atoms with Crippen molar-refractivity contribution in [3.05, 3.63) is 46.1 Å². The van der Waals surface area contributed by atoms with Gasteiger partial charge in [0.2, 0.25) is 5.91 Å². The minimum absolute atomic E-state index is 0.0164. The average molecular weight is 348 g/mol. The highest BCUT2D eigenvalue weighted by atomic mass is 19.1. The van der Waals surface area contributed by atoms with E-state index in [1.807, 2.05) is 20.8 Å². The standard InChI is InChI=1S/C18H21FN2O4/c1-10(17-11(2)21-25-12(17)3)4-16(22)20-7-13-5-15(19)6-14-8-23-9-24-18(13)14/h5-6,10H,4,7-9H2,1-3H3,(H,20,22). The molecule has 0 saturated carbocycles. The number of carbonyl (C=O) groups excluding carboxylic acids is 1. The van der Waals surface area contributed by atoms with Crippen molar-refractivity contribution in [2.45, 2.75) is 46.3 Å². The highest BCUT2D eigenvalue weighted by Gasteiger charge is 2.20. The van der Waals surface area contributed by atoms with Crippen LogP contribution in [0.3, 0.4) is 0 Å². The van der Waals surface area contributed by atoms with Gasteiger partial charge in [0, 0.05) is 29.7 Å². The molecule has 1 aliphatic rings. The summed E-state index contributed by atoms with van der Waals surface area (Å²) in [7, 11) is 0. The van der Waals surface area contributed by atoms with Gasteiger partial charge in [-0.05, 0) is 31.9 Å². The Hall–Kier alpha value is -2.41. The predicted octanol–water partition coefficient (Wildman–Crippen LogP) is 3.11. The van der Waals surface area contributed by atoms with Crippen LogP contribution in [0.4, 0.5) is 4.39 Å². The molecular weight excluding hydrogens is 327 g/mol. The first-order chi connectivity index (χ1) is 12.0. The molecule has 2 aromatic rings. The maximum atomic E-state index is 13.7. The van der Waals surface area contributed by atoms with Crippen LogP contribution in [0, 0.1) is 19.7 Å². The van der Waals surface area contributed by atoms with Crippen LogP contribution in [-0.2, 0) is 22.7 Å². The third kappa shape index (κ3) is 3.82. The van der Waals surface area contributed by atoms with Gasteiger partial charge in [0.25, 0.3) is 0 Å². The van der Waals surface area contributed by atoms with Crippen molar-refractivity contribution in [3.63, 3.8) is 0 Å². The summed E-state index contributed by atoms with van der Waals surface area (Å²) >= 11 is 0. The summed E-state index contributed by atoms with van der Waals surface area (Å²) in [5.74, 6) is 0.799. The molecule has 0 spiro atoms. The summed E-state index contributed by atoms with van der Waals surface area (Å²) in [4.78, 5) is 12.3. The van der Waals surface area contributed by atoms with E-state index in [0.717, 1.165) is 17.0 Å². The Bertz CT molecular complexity index is 768. The number of fused-ring (bicyclic) bond motifs is 1. The monoisotopic (exact) mass is 348 g/mol. The molecule has 1 N–H and O–H groups in total. The number of nitrogens with one attached hydrogen (secondary N) is 1. The molecule has 1 unspecified atom stereocenters. The van der Waals surface area contributed by atoms with Crippen molar-refractivity contribution in [2.24, 2.45) is 0 Å². The minimum atomic E-state index is -0.374. The number of rotatable bonds is 5. The van der Waals surface area contributed by atoms with Gasteiger partial charge in [0.1, 0.15) is 17.3 Å². The normalized spacial score (nSPS) is 14.6. The quantitative estimate of drug-likeness (QED) is 0.899. The summed E-state index contributed by atoms with van der Waals surface area (Å²) in [6.07, 6.45) is 0.296. The van der Waals surface area contributed by atoms with E-state index in [2.05, 4.69) is 10.5 Å². The Morgan fingerprint density at radius 1 is 1.40 bits per heavy atom. The van der Waals surface area contributed by atoms with Gasteiger partial charge in [-0.1, -0.05) is 12.1 Å². The molecule has 0 aliphatic carbocycles. The van der Waals surface area contributed by atoms with Crippen LogP contribution >= 0.6 is 0 Å². The van der Waals surface area contributed by atoms with Crippen LogP contribution < -0.4 is 10.1 Å². The SMILES string of the molecule is Cc1noc(C)c1C(C)CC(=O)NCc1cc(F)cc2c1OCOC2. The Balaban J connectivity index is 1.64. The second kappa shape index (κ2) is 7.23. The van der Waals surface area contributed by atoms with Gasteiger partial charge >= 0.3 is 0 Å². The highest BCUT2D eigenvalue weighted by Crippen LogP contribution is 2.30. The molecule has 1 amide bonds. The number of ether oxygens (including phenoxy) is 2. The summed E-state index contributed by atoms with van der Waals surface area (Å²) in [5, 5.41) is 6.75. The Kier molecular flexibility index (Phi) is 5.03. The number of nitrogens with zero attached hydrogens (tertiary/aromatic N) is 1. The third-order valence-electron chi connectivity index (χ3n) is 4.30. The molecular formula is C18H21FN2O4. The first-order valence-electron chi connectivity index (χ1n) is 8.17. The molecule has 1 aliphatic heterocycles. The van der Waals surface area contributed by atoms with E-state index < -0.39 is 0 Å². The molecule has 25 heavy (non-hydrogen) atoms. The number of aromatic nitrogens is 1. The Morgan fingerprint density at radius 3 is 2.92 bits per heavy atom. The van der Waals surface area contributed by atoms with Gasteiger partial charge < -0.3 is 19.3 Å². The molecule has 1 atom stereocenters. The third-order valence-corrected chi connectivity index (χ3v) is 4.30. The molecule has 6 nitrogen and oxygen atoms in total. The Morgan fingerprint density at radius 2 is 2.20 bits per heavy atom. The summed E-state index contributed by atoms with van der Waals surface area (Å²) in [5.41, 5.74) is 3.01. The lowest BCUT2D eigenvalue weighted by atomic mass is 9.96. The zero-order chi connectivity index (χ0) is 18.0. The fourth-order valence-electron chi connectivity index (χ4n) is 3.23. The topological polar surface area (TPSA) is 73.6 Å². The van der Waals surface area contributed by atoms with Crippen molar-refractivity contribution in [1.29, 1.82) is 0 Å². The van der Waals surface area contributed by atoms with E-state index in [4.69, 9.17) is 14.0 Å². The zero-order valence-corrected chi connectivity index (χ0v) is 14.5. The van der Waals surface area contributed by atoms with E-state index in [1.165, 1.54) is 12.1 Å². The predicted molar refractivity (Wildman–Crippen MR) is 87.5 cm³/mol. The van der Waals surface area contributed by atoms with Gasteiger partial charge in [-0.3, -0.25) is 4.79 Å². The Labute approximate surface area is 145 Å². The second-order valence-corrected chi connectivity index (χ2v) is 6.28. The molecule has 134 valence electrons. The zero-order valence-electron chi connectivity index (χ0n) is 14.5. The van der Waals surface area contributed by atoms with E-state index >= 15 is 0 Å². The molecule has 3 rings (SSSR count). The number of halogens is 1. The second-order valence-electron chi connectivity index (χ2n) is 6.28. The molecule has 0 saturated heterocycles. The maximum Gasteiger partial charge on any atom is 0.220 e. The molecule has 7 heteroatoms. The number of hydrogen-bond donors (Lipinski definition) is 1. The van der Waals surface area contributed by atoms with Crippen molar-refractivity contribution in [3.8, 4) is 5.75 Å². The first-order valence-corrected chi connectivity index (χ1v) is 8.17. The van der Waals surface area contributed by atoms with E-state index in [-0.39, 0.29) is 31.0 Å². The summed E-state index contributed by atoms with van der Waals surface area (Å²) in [6, 6.07) is 2.77. The van der Waals surface area contributed by atoms with Gasteiger partial charge in [-0.2, -0.15) is 0 Å². The lowest BCUT2D eigenvalue weighted by Crippen LogP contribution is -2.25. The fraction of sp³-hybridized carbons (Fsp3) is 0.444. The molecule has 1 aromatic carbocycles. The van der Waals surface area contributed by atoms with Crippen LogP contribution in [0.1, 0.15) is 47.4 Å². The molecule has 0 bridgehead atoms. The van der Waals surface area contributed by atoms with E-state index in [1.54, 1.807) is 0 Å². The number of carbonyl (C=O) groups is 1. The molecule has 1 aromatic heterocycles. The van der Waals surface area contributed by atoms with Crippen LogP contribution in [0.5, 0.6) is 5.75 Å². The van der Waals surface area contributed by atoms with Gasteiger partial charge in [0.15, 0.2) is 6.79 Å². The van der Waals surface area contributed by atoms with Gasteiger partial charge in [0.05, 0.1) is 12.3 Å². The largest absolute Gasteiger partial charge is 0.467 e. The van der Waals surface area contributed by atoms with E-state index in [0.29, 0.717) is 29.9 Å². The van der Waals surface area contributed by atoms with Crippen LogP contribution in [-0.4, -0.2) is 17.9 Å². The average Bonchev–Trinajstić information content (AvgIpc) is 2.91. The molecule has 0 radical (unpaired) electrons. The van der Waals surface area contributed by atoms with Crippen molar-refractivity contribution < 1.29 is 23.2 Å². The summed E-state index contributed by atoms with van der Waals surface area (Å²) < 4.78 is 29.5. The lowest BCUT2D eigenvalue weighted by Gasteiger charge is -2.21. The molecule has 0 fully saturated rings. The fourth-order valence-corrected chi connectivity index (χ4v) is 3.23. The van der Waals surface area contributed by atoms with Crippen LogP contribution in [0.15, 0.2) is 16.7 Å². The van der Waals surface area contributed by atoms with E-state index in [9.17, 15) is 9.18 Å². The highest BCUT2D eigenvalue weighted by molar-refractivity contribution is 5.77. The maximum absolute atomic E-state index is 13.7. The smallest absolute Gasteiger partial charge is 0.220 e. The van der Waals surface area contributed by atoms with Crippen molar-refractivity contribution in [1.82, 2.24) is 10.5 Å². The van der Waals surface area contributed by atoms with Gasteiger partial charge in [-0.15, -0.1) is 0 Å². The summed E-state index contributed by atoms with van der Waals surface area (Å²) in [6.45, 7) is 6.28. The van der Waals surface area contributed by atoms with Crippen LogP contribution in [0.2, 0.25) is 0 Å². The number of aryl methyl sites for hydroxylation is 2. The number of amides is 1. The molecule has 2 heterocycles. The van der Waals surface area contributed by atoms with Gasteiger partial charge in [-0.25, -0.2) is 4.39 Å². The van der Waals surface area contributed by atoms with Crippen molar-refractivity contribution >= 4 is 5.91 Å². The minimum Gasteiger partial charge on any atom is -0.467 e. The first kappa shape index (κ1) is 17.4. The lowest BCUT2D eigenvalue weighted by molar-refractivity contribution is -0.121.